The number of nitrogens with zero attached hydrogens (tertiary/aromatic N) is 1. The summed E-state index contributed by atoms with van der Waals surface area (Å²) >= 11 is 3.33. The fourth-order valence-electron chi connectivity index (χ4n) is 1.25. The van der Waals surface area contributed by atoms with Gasteiger partial charge in [0.25, 0.3) is 0 Å². The van der Waals surface area contributed by atoms with Gasteiger partial charge in [-0.1, -0.05) is 15.9 Å². The number of likely N-dealkylation sites (N-methyl/N-ethyl adjacent to an activating group) is 1. The van der Waals surface area contributed by atoms with Crippen molar-refractivity contribution >= 4 is 21.8 Å². The fourth-order valence-corrected chi connectivity index (χ4v) is 1.39. The summed E-state index contributed by atoms with van der Waals surface area (Å²) in [7, 11) is 2.11. The zero-order chi connectivity index (χ0) is 10.8. The highest BCUT2D eigenvalue weighted by atomic mass is 79.9. The monoisotopic (exact) mass is 262 g/mol. The molecule has 0 radical (unpaired) electrons. The van der Waals surface area contributed by atoms with Crippen LogP contribution in [-0.2, 0) is 4.79 Å². The van der Waals surface area contributed by atoms with Gasteiger partial charge in [-0.2, -0.15) is 0 Å². The quantitative estimate of drug-likeness (QED) is 0.760. The molecule has 0 unspecified atom stereocenters. The van der Waals surface area contributed by atoms with Gasteiger partial charge in [0.15, 0.2) is 0 Å². The molecule has 1 saturated carbocycles. The lowest BCUT2D eigenvalue weighted by Crippen LogP contribution is -2.41. The highest BCUT2D eigenvalue weighted by Crippen LogP contribution is 2.24. The predicted octanol–water partition coefficient (Wildman–Crippen LogP) is 1.37. The number of rotatable bonds is 5. The van der Waals surface area contributed by atoms with Gasteiger partial charge in [-0.15, -0.1) is 0 Å². The lowest BCUT2D eigenvalue weighted by atomic mass is 10.2. The molecule has 0 aromatic rings. The summed E-state index contributed by atoms with van der Waals surface area (Å²) in [5.41, 5.74) is 0. The first-order valence-corrected chi connectivity index (χ1v) is 5.88. The summed E-state index contributed by atoms with van der Waals surface area (Å²) in [5, 5.41) is 2.91. The van der Waals surface area contributed by atoms with Gasteiger partial charge in [0, 0.05) is 19.1 Å². The van der Waals surface area contributed by atoms with Crippen LogP contribution in [0.15, 0.2) is 0 Å². The number of amides is 1. The molecule has 1 aliphatic rings. The minimum absolute atomic E-state index is 0.0571. The molecule has 0 bridgehead atoms. The first-order valence-electron chi connectivity index (χ1n) is 5.08. The van der Waals surface area contributed by atoms with E-state index in [4.69, 9.17) is 0 Å². The van der Waals surface area contributed by atoms with Gasteiger partial charge in [-0.05, 0) is 33.7 Å². The first kappa shape index (κ1) is 12.0. The minimum Gasteiger partial charge on any atom is -0.354 e. The Labute approximate surface area is 94.4 Å². The maximum absolute atomic E-state index is 11.5. The van der Waals surface area contributed by atoms with Gasteiger partial charge < -0.3 is 10.2 Å². The van der Waals surface area contributed by atoms with E-state index in [0.717, 1.165) is 19.1 Å². The van der Waals surface area contributed by atoms with Crippen molar-refractivity contribution < 1.29 is 4.79 Å². The van der Waals surface area contributed by atoms with Crippen LogP contribution in [0, 0.1) is 0 Å². The molecule has 0 aromatic carbocycles. The molecule has 14 heavy (non-hydrogen) atoms. The number of hydrogen-bond acceptors (Lipinski definition) is 2. The van der Waals surface area contributed by atoms with E-state index in [0.29, 0.717) is 0 Å². The second-order valence-electron chi connectivity index (χ2n) is 4.44. The average molecular weight is 263 g/mol. The Morgan fingerprint density at radius 2 is 2.14 bits per heavy atom. The largest absolute Gasteiger partial charge is 0.354 e. The topological polar surface area (TPSA) is 32.3 Å². The summed E-state index contributed by atoms with van der Waals surface area (Å²) in [6.45, 7) is 5.39. The molecular formula is C10H19BrN2O. The molecule has 0 atom stereocenters. The van der Waals surface area contributed by atoms with Crippen LogP contribution in [0.4, 0.5) is 0 Å². The highest BCUT2D eigenvalue weighted by molar-refractivity contribution is 9.10. The molecule has 1 fully saturated rings. The Bertz CT molecular complexity index is 209. The van der Waals surface area contributed by atoms with E-state index in [9.17, 15) is 4.79 Å². The summed E-state index contributed by atoms with van der Waals surface area (Å²) in [5.74, 6) is 0.0571. The molecule has 0 heterocycles. The molecule has 4 heteroatoms. The summed E-state index contributed by atoms with van der Waals surface area (Å²) < 4.78 is -0.453. The molecular weight excluding hydrogens is 244 g/mol. The van der Waals surface area contributed by atoms with Gasteiger partial charge in [0.2, 0.25) is 5.91 Å². The van der Waals surface area contributed by atoms with Gasteiger partial charge in [-0.25, -0.2) is 0 Å². The second-order valence-corrected chi connectivity index (χ2v) is 6.42. The number of halogens is 1. The van der Waals surface area contributed by atoms with Crippen molar-refractivity contribution in [3.05, 3.63) is 0 Å². The van der Waals surface area contributed by atoms with Gasteiger partial charge in [0.1, 0.15) is 0 Å². The van der Waals surface area contributed by atoms with Crippen LogP contribution in [0.2, 0.25) is 0 Å². The zero-order valence-electron chi connectivity index (χ0n) is 9.14. The van der Waals surface area contributed by atoms with Crippen LogP contribution >= 0.6 is 15.9 Å². The molecule has 0 aromatic heterocycles. The number of carbonyl (C=O) groups excluding carboxylic acids is 1. The maximum atomic E-state index is 11.5. The zero-order valence-corrected chi connectivity index (χ0v) is 10.7. The molecule has 1 N–H and O–H groups in total. The van der Waals surface area contributed by atoms with Gasteiger partial charge in [0.05, 0.1) is 4.32 Å². The smallest absolute Gasteiger partial charge is 0.236 e. The van der Waals surface area contributed by atoms with Crippen LogP contribution in [0.1, 0.15) is 26.7 Å². The SMILES string of the molecule is CN(CCNC(=O)C(C)(C)Br)C1CC1. The third-order valence-electron chi connectivity index (χ3n) is 2.46. The third-order valence-corrected chi connectivity index (χ3v) is 2.82. The number of hydrogen-bond donors (Lipinski definition) is 1. The number of nitrogens with one attached hydrogen (secondary N) is 1. The van der Waals surface area contributed by atoms with Crippen molar-refractivity contribution in [3.8, 4) is 0 Å². The van der Waals surface area contributed by atoms with Crippen LogP contribution in [0.3, 0.4) is 0 Å². The van der Waals surface area contributed by atoms with E-state index in [2.05, 4.69) is 33.2 Å². The van der Waals surface area contributed by atoms with E-state index >= 15 is 0 Å². The van der Waals surface area contributed by atoms with Crippen molar-refractivity contribution in [2.24, 2.45) is 0 Å². The average Bonchev–Trinajstić information content (AvgIpc) is 2.84. The molecule has 1 rings (SSSR count). The van der Waals surface area contributed by atoms with E-state index < -0.39 is 4.32 Å². The lowest BCUT2D eigenvalue weighted by molar-refractivity contribution is -0.122. The van der Waals surface area contributed by atoms with Crippen molar-refractivity contribution in [3.63, 3.8) is 0 Å². The standard InChI is InChI=1S/C10H19BrN2O/c1-10(2,11)9(14)12-6-7-13(3)8-4-5-8/h8H,4-7H2,1-3H3,(H,12,14). The van der Waals surface area contributed by atoms with Crippen molar-refractivity contribution in [2.45, 2.75) is 37.1 Å². The fraction of sp³-hybridized carbons (Fsp3) is 0.900. The Morgan fingerprint density at radius 3 is 2.57 bits per heavy atom. The normalized spacial score (nSPS) is 17.2. The molecule has 0 aliphatic heterocycles. The summed E-state index contributed by atoms with van der Waals surface area (Å²) in [6.07, 6.45) is 2.63. The van der Waals surface area contributed by atoms with Gasteiger partial charge in [-0.3, -0.25) is 4.79 Å². The molecule has 0 saturated heterocycles. The minimum atomic E-state index is -0.453. The van der Waals surface area contributed by atoms with E-state index in [1.54, 1.807) is 0 Å². The first-order chi connectivity index (χ1) is 6.41. The number of alkyl halides is 1. The lowest BCUT2D eigenvalue weighted by Gasteiger charge is -2.19. The van der Waals surface area contributed by atoms with E-state index in [-0.39, 0.29) is 5.91 Å². The van der Waals surface area contributed by atoms with Gasteiger partial charge >= 0.3 is 0 Å². The third kappa shape index (κ3) is 3.96. The predicted molar refractivity (Wildman–Crippen MR) is 61.7 cm³/mol. The molecule has 0 spiro atoms. The Hall–Kier alpha value is -0.0900. The molecule has 82 valence electrons. The van der Waals surface area contributed by atoms with Crippen LogP contribution in [0.25, 0.3) is 0 Å². The summed E-state index contributed by atoms with van der Waals surface area (Å²) in [4.78, 5) is 13.8. The molecule has 1 aliphatic carbocycles. The molecule has 3 nitrogen and oxygen atoms in total. The van der Waals surface area contributed by atoms with Crippen molar-refractivity contribution in [1.82, 2.24) is 10.2 Å². The van der Waals surface area contributed by atoms with Crippen LogP contribution in [-0.4, -0.2) is 41.3 Å². The molecule has 1 amide bonds. The highest BCUT2D eigenvalue weighted by Gasteiger charge is 2.26. The second kappa shape index (κ2) is 4.62. The van der Waals surface area contributed by atoms with Crippen molar-refractivity contribution in [1.29, 1.82) is 0 Å². The summed E-state index contributed by atoms with van der Waals surface area (Å²) in [6, 6.07) is 0.767. The maximum Gasteiger partial charge on any atom is 0.236 e. The Balaban J connectivity index is 2.11. The van der Waals surface area contributed by atoms with E-state index in [1.165, 1.54) is 12.8 Å². The van der Waals surface area contributed by atoms with Crippen LogP contribution in [0.5, 0.6) is 0 Å². The number of carbonyl (C=O) groups is 1. The Morgan fingerprint density at radius 1 is 1.57 bits per heavy atom. The van der Waals surface area contributed by atoms with Crippen LogP contribution < -0.4 is 5.32 Å². The van der Waals surface area contributed by atoms with E-state index in [1.807, 2.05) is 13.8 Å². The Kier molecular flexibility index (Phi) is 3.95. The van der Waals surface area contributed by atoms with Crippen molar-refractivity contribution in [2.75, 3.05) is 20.1 Å².